The Balaban J connectivity index is 2.13. The first-order chi connectivity index (χ1) is 8.69. The number of aliphatic hydroxyl groups is 2. The highest BCUT2D eigenvalue weighted by Gasteiger charge is 2.55. The van der Waals surface area contributed by atoms with Gasteiger partial charge in [0.1, 0.15) is 5.60 Å². The van der Waals surface area contributed by atoms with Crippen LogP contribution >= 0.6 is 0 Å². The maximum atomic E-state index is 12.0. The van der Waals surface area contributed by atoms with Gasteiger partial charge in [0.05, 0.1) is 17.1 Å². The van der Waals surface area contributed by atoms with Gasteiger partial charge in [0, 0.05) is 19.3 Å². The van der Waals surface area contributed by atoms with Gasteiger partial charge in [-0.1, -0.05) is 13.8 Å². The van der Waals surface area contributed by atoms with Gasteiger partial charge in [0.25, 0.3) is 0 Å². The number of rotatable bonds is 3. The van der Waals surface area contributed by atoms with Gasteiger partial charge >= 0.3 is 5.97 Å². The maximum Gasteiger partial charge on any atom is 0.309 e. The fraction of sp³-hybridized carbons (Fsp3) is 0.933. The molecule has 4 heteroatoms. The molecule has 2 aliphatic carbocycles. The third-order valence-corrected chi connectivity index (χ3v) is 4.71. The average Bonchev–Trinajstić information content (AvgIpc) is 2.23. The molecular weight excluding hydrogens is 244 g/mol. The summed E-state index contributed by atoms with van der Waals surface area (Å²) in [5.74, 6) is -0.361. The number of ether oxygens (including phenoxy) is 1. The molecule has 0 amide bonds. The second-order valence-electron chi connectivity index (χ2n) is 7.01. The van der Waals surface area contributed by atoms with Crippen LogP contribution in [0.2, 0.25) is 0 Å². The van der Waals surface area contributed by atoms with E-state index < -0.39 is 16.8 Å². The third kappa shape index (κ3) is 3.11. The third-order valence-electron chi connectivity index (χ3n) is 4.71. The number of hydrogen-bond acceptors (Lipinski definition) is 4. The van der Waals surface area contributed by atoms with Crippen molar-refractivity contribution in [3.8, 4) is 0 Å². The summed E-state index contributed by atoms with van der Waals surface area (Å²) in [5.41, 5.74) is -2.51. The standard InChI is InChI=1S/C15H26O4/c1-4-11(2)12(16)19-13(3)8-14(17)6-5-7-15(18,9-13)10-14/h11,17-18H,4-10H2,1-3H3. The monoisotopic (exact) mass is 270 g/mol. The number of carbonyl (C=O) groups excluding carboxylic acids is 1. The lowest BCUT2D eigenvalue weighted by Crippen LogP contribution is -2.59. The van der Waals surface area contributed by atoms with Crippen molar-refractivity contribution in [2.45, 2.75) is 82.5 Å². The molecule has 0 aromatic carbocycles. The molecule has 0 aromatic rings. The number of carbonyl (C=O) groups is 1. The van der Waals surface area contributed by atoms with Crippen LogP contribution in [0.15, 0.2) is 0 Å². The topological polar surface area (TPSA) is 66.8 Å². The van der Waals surface area contributed by atoms with Crippen LogP contribution in [-0.2, 0) is 9.53 Å². The first-order valence-corrected chi connectivity index (χ1v) is 7.37. The minimum atomic E-state index is -0.879. The Morgan fingerprint density at radius 2 is 1.74 bits per heavy atom. The molecular formula is C15H26O4. The molecule has 0 saturated heterocycles. The van der Waals surface area contributed by atoms with Crippen LogP contribution in [-0.4, -0.2) is 33.0 Å². The zero-order valence-corrected chi connectivity index (χ0v) is 12.2. The number of hydrogen-bond donors (Lipinski definition) is 2. The Hall–Kier alpha value is -0.610. The molecule has 0 radical (unpaired) electrons. The van der Waals surface area contributed by atoms with Crippen LogP contribution < -0.4 is 0 Å². The molecule has 0 heterocycles. The lowest BCUT2D eigenvalue weighted by molar-refractivity contribution is -0.214. The summed E-state index contributed by atoms with van der Waals surface area (Å²) in [6, 6.07) is 0. The van der Waals surface area contributed by atoms with E-state index in [0.717, 1.165) is 12.8 Å². The molecule has 0 aromatic heterocycles. The van der Waals surface area contributed by atoms with Crippen molar-refractivity contribution in [2.75, 3.05) is 0 Å². The van der Waals surface area contributed by atoms with E-state index in [1.54, 1.807) is 0 Å². The fourth-order valence-electron chi connectivity index (χ4n) is 3.87. The minimum Gasteiger partial charge on any atom is -0.459 e. The van der Waals surface area contributed by atoms with E-state index >= 15 is 0 Å². The molecule has 0 spiro atoms. The largest absolute Gasteiger partial charge is 0.459 e. The first-order valence-electron chi connectivity index (χ1n) is 7.37. The number of fused-ring (bicyclic) bond motifs is 2. The summed E-state index contributed by atoms with van der Waals surface area (Å²) < 4.78 is 5.64. The molecule has 2 saturated carbocycles. The van der Waals surface area contributed by atoms with Crippen LogP contribution in [0.4, 0.5) is 0 Å². The SMILES string of the molecule is CCC(C)C(=O)OC1(C)CC2(O)CCCC(O)(C2)C1. The van der Waals surface area contributed by atoms with Crippen LogP contribution in [0.3, 0.4) is 0 Å². The fourth-order valence-corrected chi connectivity index (χ4v) is 3.87. The molecule has 2 aliphatic rings. The Bertz CT molecular complexity index is 349. The van der Waals surface area contributed by atoms with Crippen molar-refractivity contribution in [3.05, 3.63) is 0 Å². The Kier molecular flexibility index (Phi) is 3.69. The van der Waals surface area contributed by atoms with Crippen molar-refractivity contribution in [1.29, 1.82) is 0 Å². The Morgan fingerprint density at radius 1 is 1.21 bits per heavy atom. The molecule has 2 fully saturated rings. The normalized spacial score (nSPS) is 43.6. The van der Waals surface area contributed by atoms with Crippen molar-refractivity contribution in [1.82, 2.24) is 0 Å². The molecule has 2 rings (SSSR count). The zero-order valence-electron chi connectivity index (χ0n) is 12.2. The predicted molar refractivity (Wildman–Crippen MR) is 71.6 cm³/mol. The highest BCUT2D eigenvalue weighted by Crippen LogP contribution is 2.50. The summed E-state index contributed by atoms with van der Waals surface area (Å²) in [5, 5.41) is 21.1. The predicted octanol–water partition coefficient (Wildman–Crippen LogP) is 2.16. The molecule has 19 heavy (non-hydrogen) atoms. The van der Waals surface area contributed by atoms with E-state index in [2.05, 4.69) is 0 Å². The molecule has 3 atom stereocenters. The smallest absolute Gasteiger partial charge is 0.309 e. The quantitative estimate of drug-likeness (QED) is 0.771. The van der Waals surface area contributed by atoms with Gasteiger partial charge < -0.3 is 14.9 Å². The number of esters is 1. The molecule has 3 unspecified atom stereocenters. The summed E-state index contributed by atoms with van der Waals surface area (Å²) in [7, 11) is 0. The lowest BCUT2D eigenvalue weighted by atomic mass is 9.61. The summed E-state index contributed by atoms with van der Waals surface area (Å²) in [6.07, 6.45) is 4.23. The van der Waals surface area contributed by atoms with Crippen LogP contribution in [0.5, 0.6) is 0 Å². The van der Waals surface area contributed by atoms with Crippen LogP contribution in [0.1, 0.15) is 65.7 Å². The maximum absolute atomic E-state index is 12.0. The van der Waals surface area contributed by atoms with Gasteiger partial charge in [0.15, 0.2) is 0 Å². The van der Waals surface area contributed by atoms with Crippen molar-refractivity contribution in [3.63, 3.8) is 0 Å². The second-order valence-corrected chi connectivity index (χ2v) is 7.01. The van der Waals surface area contributed by atoms with E-state index in [1.165, 1.54) is 0 Å². The second kappa shape index (κ2) is 4.74. The summed E-state index contributed by atoms with van der Waals surface area (Å²) >= 11 is 0. The van der Waals surface area contributed by atoms with Gasteiger partial charge in [-0.25, -0.2) is 0 Å². The lowest BCUT2D eigenvalue weighted by Gasteiger charge is -2.53. The average molecular weight is 270 g/mol. The van der Waals surface area contributed by atoms with Gasteiger partial charge in [-0.2, -0.15) is 0 Å². The van der Waals surface area contributed by atoms with Crippen molar-refractivity contribution < 1.29 is 19.7 Å². The Morgan fingerprint density at radius 3 is 2.21 bits per heavy atom. The van der Waals surface area contributed by atoms with Gasteiger partial charge in [-0.05, 0) is 32.6 Å². The highest BCUT2D eigenvalue weighted by molar-refractivity contribution is 5.72. The van der Waals surface area contributed by atoms with E-state index in [0.29, 0.717) is 32.1 Å². The van der Waals surface area contributed by atoms with Crippen LogP contribution in [0, 0.1) is 5.92 Å². The van der Waals surface area contributed by atoms with Gasteiger partial charge in [-0.15, -0.1) is 0 Å². The van der Waals surface area contributed by atoms with Crippen molar-refractivity contribution in [2.24, 2.45) is 5.92 Å². The summed E-state index contributed by atoms with van der Waals surface area (Å²) in [4.78, 5) is 12.0. The van der Waals surface area contributed by atoms with Crippen LogP contribution in [0.25, 0.3) is 0 Å². The zero-order chi connectivity index (χ0) is 14.3. The molecule has 0 aliphatic heterocycles. The molecule has 110 valence electrons. The minimum absolute atomic E-state index is 0.136. The molecule has 2 bridgehead atoms. The molecule has 4 nitrogen and oxygen atoms in total. The van der Waals surface area contributed by atoms with E-state index in [4.69, 9.17) is 4.74 Å². The van der Waals surface area contributed by atoms with E-state index in [1.807, 2.05) is 20.8 Å². The van der Waals surface area contributed by atoms with Gasteiger partial charge in [0.2, 0.25) is 0 Å². The van der Waals surface area contributed by atoms with Gasteiger partial charge in [-0.3, -0.25) is 4.79 Å². The Labute approximate surface area is 115 Å². The molecule has 2 N–H and O–H groups in total. The van der Waals surface area contributed by atoms with Crippen molar-refractivity contribution >= 4 is 5.97 Å². The highest BCUT2D eigenvalue weighted by atomic mass is 16.6. The summed E-state index contributed by atoms with van der Waals surface area (Å²) in [6.45, 7) is 5.64. The van der Waals surface area contributed by atoms with E-state index in [-0.39, 0.29) is 11.9 Å². The van der Waals surface area contributed by atoms with E-state index in [9.17, 15) is 15.0 Å². The first kappa shape index (κ1) is 14.8.